The van der Waals surface area contributed by atoms with Gasteiger partial charge in [0, 0.05) is 6.54 Å². The number of hydrogen-bond acceptors (Lipinski definition) is 5. The molecule has 6 heteroatoms. The fourth-order valence-corrected chi connectivity index (χ4v) is 1.67. The predicted octanol–water partition coefficient (Wildman–Crippen LogP) is 2.84. The van der Waals surface area contributed by atoms with Crippen molar-refractivity contribution >= 4 is 11.5 Å². The summed E-state index contributed by atoms with van der Waals surface area (Å²) in [5.74, 6) is 1.01. The Hall–Kier alpha value is -2.37. The molecule has 0 radical (unpaired) electrons. The van der Waals surface area contributed by atoms with E-state index in [2.05, 4.69) is 15.3 Å². The first-order valence-electron chi connectivity index (χ1n) is 6.78. The number of nitrogens with one attached hydrogen (secondary N) is 1. The first-order chi connectivity index (χ1) is 10.1. The molecule has 0 aliphatic carbocycles. The lowest BCUT2D eigenvalue weighted by Gasteiger charge is -2.13. The zero-order valence-electron chi connectivity index (χ0n) is 12.1. The molecule has 1 heterocycles. The van der Waals surface area contributed by atoms with Crippen molar-refractivity contribution in [3.8, 4) is 5.88 Å². The first-order valence-corrected chi connectivity index (χ1v) is 6.78. The van der Waals surface area contributed by atoms with Gasteiger partial charge in [0.05, 0.1) is 6.61 Å². The van der Waals surface area contributed by atoms with E-state index in [0.29, 0.717) is 36.5 Å². The van der Waals surface area contributed by atoms with Crippen LogP contribution in [0.25, 0.3) is 0 Å². The quantitative estimate of drug-likeness (QED) is 0.856. The number of nitrogens with two attached hydrogens (primary N) is 1. The maximum Gasteiger partial charge on any atom is 0.242 e. The molecule has 3 N–H and O–H groups in total. The van der Waals surface area contributed by atoms with Crippen LogP contribution in [0.3, 0.4) is 0 Å². The maximum atomic E-state index is 12.8. The van der Waals surface area contributed by atoms with Gasteiger partial charge in [0.1, 0.15) is 17.8 Å². The summed E-state index contributed by atoms with van der Waals surface area (Å²) < 4.78 is 18.4. The third-order valence-corrected chi connectivity index (χ3v) is 2.77. The lowest BCUT2D eigenvalue weighted by molar-refractivity contribution is 0.262. The van der Waals surface area contributed by atoms with Crippen LogP contribution in [0.4, 0.5) is 15.9 Å². The monoisotopic (exact) mass is 290 g/mol. The van der Waals surface area contributed by atoms with Gasteiger partial charge in [-0.1, -0.05) is 26.0 Å². The second kappa shape index (κ2) is 6.88. The van der Waals surface area contributed by atoms with Crippen LogP contribution in [0.5, 0.6) is 5.88 Å². The van der Waals surface area contributed by atoms with Gasteiger partial charge in [-0.25, -0.2) is 9.37 Å². The molecule has 0 aliphatic rings. The van der Waals surface area contributed by atoms with E-state index in [1.54, 1.807) is 12.1 Å². The standard InChI is InChI=1S/C15H19FN4O/c1-10(2)8-21-15-13(17)14(19-9-20-15)18-7-11-3-5-12(16)6-4-11/h3-6,9-10H,7-8,17H2,1-2H3,(H,18,19,20). The summed E-state index contributed by atoms with van der Waals surface area (Å²) in [6.45, 7) is 5.12. The predicted molar refractivity (Wildman–Crippen MR) is 80.5 cm³/mol. The van der Waals surface area contributed by atoms with Gasteiger partial charge in [0.2, 0.25) is 5.88 Å². The van der Waals surface area contributed by atoms with Gasteiger partial charge in [-0.15, -0.1) is 0 Å². The van der Waals surface area contributed by atoms with Crippen LogP contribution in [0.1, 0.15) is 19.4 Å². The minimum atomic E-state index is -0.260. The number of anilines is 2. The Morgan fingerprint density at radius 2 is 1.95 bits per heavy atom. The van der Waals surface area contributed by atoms with Crippen molar-refractivity contribution in [3.05, 3.63) is 42.0 Å². The Morgan fingerprint density at radius 1 is 1.24 bits per heavy atom. The largest absolute Gasteiger partial charge is 0.476 e. The number of nitrogen functional groups attached to an aromatic ring is 1. The van der Waals surface area contributed by atoms with Gasteiger partial charge in [-0.2, -0.15) is 4.98 Å². The average molecular weight is 290 g/mol. The average Bonchev–Trinajstić information content (AvgIpc) is 2.46. The molecule has 0 saturated heterocycles. The Bertz CT molecular complexity index is 587. The number of ether oxygens (including phenoxy) is 1. The third kappa shape index (κ3) is 4.30. The van der Waals surface area contributed by atoms with Gasteiger partial charge in [0.15, 0.2) is 5.82 Å². The molecular formula is C15H19FN4O. The van der Waals surface area contributed by atoms with Crippen molar-refractivity contribution in [2.75, 3.05) is 17.7 Å². The smallest absolute Gasteiger partial charge is 0.242 e. The minimum Gasteiger partial charge on any atom is -0.476 e. The summed E-state index contributed by atoms with van der Waals surface area (Å²) in [6, 6.07) is 6.24. The minimum absolute atomic E-state index is 0.260. The molecule has 2 aromatic rings. The zero-order chi connectivity index (χ0) is 15.2. The molecule has 0 amide bonds. The summed E-state index contributed by atoms with van der Waals surface area (Å²) >= 11 is 0. The summed E-state index contributed by atoms with van der Waals surface area (Å²) in [5.41, 5.74) is 7.29. The lowest BCUT2D eigenvalue weighted by Crippen LogP contribution is -2.10. The highest BCUT2D eigenvalue weighted by Crippen LogP contribution is 2.25. The third-order valence-electron chi connectivity index (χ3n) is 2.77. The van der Waals surface area contributed by atoms with E-state index in [-0.39, 0.29) is 5.82 Å². The summed E-state index contributed by atoms with van der Waals surface area (Å²) in [5, 5.41) is 3.10. The first kappa shape index (κ1) is 15.0. The van der Waals surface area contributed by atoms with E-state index in [1.807, 2.05) is 13.8 Å². The molecule has 112 valence electrons. The van der Waals surface area contributed by atoms with Gasteiger partial charge in [-0.05, 0) is 23.6 Å². The van der Waals surface area contributed by atoms with Crippen LogP contribution in [0.15, 0.2) is 30.6 Å². The number of halogens is 1. The number of aromatic nitrogens is 2. The fourth-order valence-electron chi connectivity index (χ4n) is 1.67. The number of benzene rings is 1. The zero-order valence-corrected chi connectivity index (χ0v) is 12.1. The fraction of sp³-hybridized carbons (Fsp3) is 0.333. The molecule has 5 nitrogen and oxygen atoms in total. The van der Waals surface area contributed by atoms with Crippen LogP contribution in [0.2, 0.25) is 0 Å². The van der Waals surface area contributed by atoms with Gasteiger partial charge in [0.25, 0.3) is 0 Å². The molecule has 2 rings (SSSR count). The molecule has 1 aromatic heterocycles. The Balaban J connectivity index is 2.02. The van der Waals surface area contributed by atoms with E-state index in [1.165, 1.54) is 18.5 Å². The molecule has 0 unspecified atom stereocenters. The van der Waals surface area contributed by atoms with Crippen LogP contribution >= 0.6 is 0 Å². The molecule has 0 bridgehead atoms. The van der Waals surface area contributed by atoms with Crippen LogP contribution < -0.4 is 15.8 Å². The van der Waals surface area contributed by atoms with Crippen molar-refractivity contribution in [2.24, 2.45) is 5.92 Å². The molecule has 0 spiro atoms. The van der Waals surface area contributed by atoms with Gasteiger partial charge in [-0.3, -0.25) is 0 Å². The highest BCUT2D eigenvalue weighted by Gasteiger charge is 2.09. The topological polar surface area (TPSA) is 73.1 Å². The number of hydrogen-bond donors (Lipinski definition) is 2. The van der Waals surface area contributed by atoms with Crippen LogP contribution in [-0.2, 0) is 6.54 Å². The summed E-state index contributed by atoms with van der Waals surface area (Å²) in [7, 11) is 0. The summed E-state index contributed by atoms with van der Waals surface area (Å²) in [6.07, 6.45) is 1.40. The molecule has 0 atom stereocenters. The van der Waals surface area contributed by atoms with Crippen molar-refractivity contribution in [3.63, 3.8) is 0 Å². The Morgan fingerprint density at radius 3 is 2.62 bits per heavy atom. The van der Waals surface area contributed by atoms with E-state index in [4.69, 9.17) is 10.5 Å². The molecule has 21 heavy (non-hydrogen) atoms. The highest BCUT2D eigenvalue weighted by atomic mass is 19.1. The van der Waals surface area contributed by atoms with E-state index in [0.717, 1.165) is 5.56 Å². The maximum absolute atomic E-state index is 12.8. The molecule has 1 aromatic carbocycles. The van der Waals surface area contributed by atoms with E-state index in [9.17, 15) is 4.39 Å². The van der Waals surface area contributed by atoms with Gasteiger partial charge >= 0.3 is 0 Å². The van der Waals surface area contributed by atoms with Crippen LogP contribution in [0, 0.1) is 11.7 Å². The van der Waals surface area contributed by atoms with Crippen molar-refractivity contribution in [1.29, 1.82) is 0 Å². The molecular weight excluding hydrogens is 271 g/mol. The van der Waals surface area contributed by atoms with Gasteiger partial charge < -0.3 is 15.8 Å². The second-order valence-electron chi connectivity index (χ2n) is 5.13. The van der Waals surface area contributed by atoms with Crippen molar-refractivity contribution in [2.45, 2.75) is 20.4 Å². The number of nitrogens with zero attached hydrogens (tertiary/aromatic N) is 2. The second-order valence-corrected chi connectivity index (χ2v) is 5.13. The SMILES string of the molecule is CC(C)COc1ncnc(NCc2ccc(F)cc2)c1N. The molecule has 0 aliphatic heterocycles. The number of rotatable bonds is 6. The lowest BCUT2D eigenvalue weighted by atomic mass is 10.2. The van der Waals surface area contributed by atoms with Crippen LogP contribution in [-0.4, -0.2) is 16.6 Å². The Kier molecular flexibility index (Phi) is 4.92. The molecule has 0 fully saturated rings. The van der Waals surface area contributed by atoms with E-state index >= 15 is 0 Å². The summed E-state index contributed by atoms with van der Waals surface area (Å²) in [4.78, 5) is 8.13. The van der Waals surface area contributed by atoms with E-state index < -0.39 is 0 Å². The van der Waals surface area contributed by atoms with Crippen molar-refractivity contribution < 1.29 is 9.13 Å². The van der Waals surface area contributed by atoms with Crippen molar-refractivity contribution in [1.82, 2.24) is 9.97 Å². The highest BCUT2D eigenvalue weighted by molar-refractivity contribution is 5.66. The normalized spacial score (nSPS) is 10.7. The molecule has 0 saturated carbocycles. The Labute approximate surface area is 123 Å².